The predicted molar refractivity (Wildman–Crippen MR) is 88.6 cm³/mol. The van der Waals surface area contributed by atoms with Crippen molar-refractivity contribution in [2.24, 2.45) is 0 Å². The van der Waals surface area contributed by atoms with Crippen molar-refractivity contribution < 1.29 is 9.59 Å². The minimum Gasteiger partial charge on any atom is -0.339 e. The number of piperazine rings is 1. The van der Waals surface area contributed by atoms with Crippen LogP contribution < -0.4 is 4.90 Å². The normalized spacial score (nSPS) is 15.7. The molecule has 2 amide bonds. The van der Waals surface area contributed by atoms with Gasteiger partial charge in [0.15, 0.2) is 0 Å². The molecular weight excluding hydrogens is 325 g/mol. The van der Waals surface area contributed by atoms with Gasteiger partial charge in [-0.15, -0.1) is 0 Å². The molecule has 2 rings (SSSR count). The van der Waals surface area contributed by atoms with Crippen molar-refractivity contribution in [3.8, 4) is 0 Å². The van der Waals surface area contributed by atoms with Gasteiger partial charge in [0.2, 0.25) is 11.8 Å². The van der Waals surface area contributed by atoms with E-state index in [0.29, 0.717) is 23.8 Å². The first-order valence-corrected chi connectivity index (χ1v) is 7.84. The Labute approximate surface area is 140 Å². The first-order chi connectivity index (χ1) is 10.4. The summed E-state index contributed by atoms with van der Waals surface area (Å²) in [5, 5.41) is 0.642. The summed E-state index contributed by atoms with van der Waals surface area (Å²) in [6, 6.07) is 5.04. The Kier molecular flexibility index (Phi) is 5.67. The van der Waals surface area contributed by atoms with Crippen LogP contribution in [0.3, 0.4) is 0 Å². The van der Waals surface area contributed by atoms with Gasteiger partial charge in [-0.1, -0.05) is 29.3 Å². The standard InChI is InChI=1S/C15H19Cl2N3O2/c1-11(21)20(13-5-3-4-12(16)15(13)17)10-14(22)19-8-6-18(2)7-9-19/h3-5H,6-10H2,1-2H3. The van der Waals surface area contributed by atoms with Crippen LogP contribution in [0.25, 0.3) is 0 Å². The van der Waals surface area contributed by atoms with E-state index < -0.39 is 0 Å². The molecule has 0 bridgehead atoms. The van der Waals surface area contributed by atoms with Gasteiger partial charge in [-0.05, 0) is 19.2 Å². The van der Waals surface area contributed by atoms with Crippen molar-refractivity contribution in [3.63, 3.8) is 0 Å². The van der Waals surface area contributed by atoms with Crippen LogP contribution in [0.2, 0.25) is 10.0 Å². The molecule has 0 spiro atoms. The molecule has 1 aliphatic rings. The first-order valence-electron chi connectivity index (χ1n) is 7.08. The van der Waals surface area contributed by atoms with E-state index in [4.69, 9.17) is 23.2 Å². The van der Waals surface area contributed by atoms with Crippen molar-refractivity contribution in [1.82, 2.24) is 9.80 Å². The Morgan fingerprint density at radius 2 is 1.82 bits per heavy atom. The number of carbonyl (C=O) groups excluding carboxylic acids is 2. The number of likely N-dealkylation sites (N-methyl/N-ethyl adjacent to an activating group) is 1. The number of carbonyl (C=O) groups is 2. The molecule has 0 unspecified atom stereocenters. The molecule has 7 heteroatoms. The molecular formula is C15H19Cl2N3O2. The fourth-order valence-electron chi connectivity index (χ4n) is 2.36. The molecule has 120 valence electrons. The van der Waals surface area contributed by atoms with Gasteiger partial charge >= 0.3 is 0 Å². The van der Waals surface area contributed by atoms with Gasteiger partial charge in [0.1, 0.15) is 6.54 Å². The van der Waals surface area contributed by atoms with Crippen LogP contribution in [-0.2, 0) is 9.59 Å². The van der Waals surface area contributed by atoms with Crippen molar-refractivity contribution in [1.29, 1.82) is 0 Å². The number of hydrogen-bond acceptors (Lipinski definition) is 3. The van der Waals surface area contributed by atoms with Crippen LogP contribution in [0, 0.1) is 0 Å². The highest BCUT2D eigenvalue weighted by Crippen LogP contribution is 2.32. The average molecular weight is 344 g/mol. The van der Waals surface area contributed by atoms with E-state index in [9.17, 15) is 9.59 Å². The number of anilines is 1. The monoisotopic (exact) mass is 343 g/mol. The summed E-state index contributed by atoms with van der Waals surface area (Å²) in [7, 11) is 2.02. The highest BCUT2D eigenvalue weighted by atomic mass is 35.5. The molecule has 0 N–H and O–H groups in total. The molecule has 22 heavy (non-hydrogen) atoms. The van der Waals surface area contributed by atoms with Crippen LogP contribution in [0.1, 0.15) is 6.92 Å². The zero-order valence-corrected chi connectivity index (χ0v) is 14.2. The van der Waals surface area contributed by atoms with Gasteiger partial charge in [0.25, 0.3) is 0 Å². The molecule has 1 aromatic carbocycles. The number of amides is 2. The van der Waals surface area contributed by atoms with Crippen LogP contribution in [-0.4, -0.2) is 61.4 Å². The number of benzene rings is 1. The minimum absolute atomic E-state index is 0.0287. The molecule has 5 nitrogen and oxygen atoms in total. The summed E-state index contributed by atoms with van der Waals surface area (Å²) in [5.74, 6) is -0.328. The number of halogens is 2. The summed E-state index contributed by atoms with van der Waals surface area (Å²) >= 11 is 12.2. The van der Waals surface area contributed by atoms with Gasteiger partial charge in [-0.25, -0.2) is 0 Å². The van der Waals surface area contributed by atoms with E-state index in [1.807, 2.05) is 7.05 Å². The smallest absolute Gasteiger partial charge is 0.242 e. The van der Waals surface area contributed by atoms with Crippen molar-refractivity contribution in [3.05, 3.63) is 28.2 Å². The summed E-state index contributed by atoms with van der Waals surface area (Å²) in [4.78, 5) is 29.7. The molecule has 1 aliphatic heterocycles. The van der Waals surface area contributed by atoms with Crippen molar-refractivity contribution in [2.75, 3.05) is 44.7 Å². The topological polar surface area (TPSA) is 43.9 Å². The highest BCUT2D eigenvalue weighted by Gasteiger charge is 2.24. The summed E-state index contributed by atoms with van der Waals surface area (Å²) in [5.41, 5.74) is 0.462. The van der Waals surface area contributed by atoms with Crippen LogP contribution in [0.4, 0.5) is 5.69 Å². The van der Waals surface area contributed by atoms with Crippen LogP contribution >= 0.6 is 23.2 Å². The van der Waals surface area contributed by atoms with Crippen molar-refractivity contribution >= 4 is 40.7 Å². The second-order valence-corrected chi connectivity index (χ2v) is 6.15. The molecule has 0 radical (unpaired) electrons. The zero-order chi connectivity index (χ0) is 16.3. The maximum atomic E-state index is 12.4. The molecule has 1 aromatic rings. The SMILES string of the molecule is CC(=O)N(CC(=O)N1CCN(C)CC1)c1cccc(Cl)c1Cl. The lowest BCUT2D eigenvalue weighted by Crippen LogP contribution is -2.50. The Balaban J connectivity index is 2.14. The third kappa shape index (κ3) is 3.91. The quantitative estimate of drug-likeness (QED) is 0.844. The van der Waals surface area contributed by atoms with Gasteiger partial charge in [0, 0.05) is 33.1 Å². The van der Waals surface area contributed by atoms with Crippen LogP contribution in [0.5, 0.6) is 0 Å². The largest absolute Gasteiger partial charge is 0.339 e. The summed E-state index contributed by atoms with van der Waals surface area (Å²) in [6.45, 7) is 4.40. The number of rotatable bonds is 3. The second kappa shape index (κ2) is 7.31. The van der Waals surface area contributed by atoms with Gasteiger partial charge in [-0.2, -0.15) is 0 Å². The molecule has 0 atom stereocenters. The Hall–Kier alpha value is -1.30. The third-order valence-electron chi connectivity index (χ3n) is 3.75. The lowest BCUT2D eigenvalue weighted by atomic mass is 10.2. The molecule has 0 saturated carbocycles. The molecule has 0 aromatic heterocycles. The average Bonchev–Trinajstić information content (AvgIpc) is 2.48. The Morgan fingerprint density at radius 3 is 2.41 bits per heavy atom. The van der Waals surface area contributed by atoms with Gasteiger partial charge in [-0.3, -0.25) is 9.59 Å². The molecule has 1 heterocycles. The fraction of sp³-hybridized carbons (Fsp3) is 0.467. The molecule has 0 aliphatic carbocycles. The zero-order valence-electron chi connectivity index (χ0n) is 12.7. The number of nitrogens with zero attached hydrogens (tertiary/aromatic N) is 3. The van der Waals surface area contributed by atoms with E-state index >= 15 is 0 Å². The number of hydrogen-bond donors (Lipinski definition) is 0. The Morgan fingerprint density at radius 1 is 1.18 bits per heavy atom. The summed E-state index contributed by atoms with van der Waals surface area (Å²) < 4.78 is 0. The fourth-order valence-corrected chi connectivity index (χ4v) is 2.76. The van der Waals surface area contributed by atoms with E-state index in [1.54, 1.807) is 23.1 Å². The molecule has 1 saturated heterocycles. The Bertz CT molecular complexity index is 572. The van der Waals surface area contributed by atoms with Gasteiger partial charge < -0.3 is 14.7 Å². The van der Waals surface area contributed by atoms with E-state index in [1.165, 1.54) is 11.8 Å². The van der Waals surface area contributed by atoms with E-state index in [2.05, 4.69) is 4.90 Å². The van der Waals surface area contributed by atoms with E-state index in [-0.39, 0.29) is 23.4 Å². The van der Waals surface area contributed by atoms with Gasteiger partial charge in [0.05, 0.1) is 15.7 Å². The second-order valence-electron chi connectivity index (χ2n) is 5.36. The minimum atomic E-state index is -0.244. The molecule has 1 fully saturated rings. The summed E-state index contributed by atoms with van der Waals surface area (Å²) in [6.07, 6.45) is 0. The third-order valence-corrected chi connectivity index (χ3v) is 4.56. The van der Waals surface area contributed by atoms with Crippen molar-refractivity contribution in [2.45, 2.75) is 6.92 Å². The predicted octanol–water partition coefficient (Wildman–Crippen LogP) is 2.12. The highest BCUT2D eigenvalue weighted by molar-refractivity contribution is 6.44. The lowest BCUT2D eigenvalue weighted by Gasteiger charge is -2.34. The van der Waals surface area contributed by atoms with Crippen LogP contribution in [0.15, 0.2) is 18.2 Å². The maximum Gasteiger partial charge on any atom is 0.242 e. The maximum absolute atomic E-state index is 12.4. The first kappa shape index (κ1) is 17.1. The van der Waals surface area contributed by atoms with E-state index in [0.717, 1.165) is 13.1 Å². The lowest BCUT2D eigenvalue weighted by molar-refractivity contribution is -0.132.